The topological polar surface area (TPSA) is 330 Å². The first kappa shape index (κ1) is 126. The number of aliphatic hydroxyl groups is 3. The maximum absolute atomic E-state index is 8.81. The summed E-state index contributed by atoms with van der Waals surface area (Å²) in [6.45, 7) is 86.1. The van der Waals surface area contributed by atoms with Crippen molar-refractivity contribution in [1.29, 1.82) is 0 Å². The zero-order valence-electron chi connectivity index (χ0n) is 73.8. The van der Waals surface area contributed by atoms with Gasteiger partial charge in [-0.25, -0.2) is 0 Å². The molecular formula is C76H188N8O8Si8+2. The van der Waals surface area contributed by atoms with E-state index in [1.165, 1.54) is 134 Å². The van der Waals surface area contributed by atoms with E-state index in [-0.39, 0.29) is 19.8 Å². The summed E-state index contributed by atoms with van der Waals surface area (Å²) in [5, 5.41) is 22.7. The zero-order chi connectivity index (χ0) is 82.1. The molecule has 0 fully saturated rings. The van der Waals surface area contributed by atoms with Crippen LogP contribution in [0.4, 0.5) is 0 Å². The molecule has 0 aromatic carbocycles. The highest BCUT2D eigenvalue weighted by atomic mass is 28.3. The molecule has 8 atom stereocenters. The van der Waals surface area contributed by atoms with Gasteiger partial charge in [-0.15, -0.1) is 0 Å². The fourth-order valence-electron chi connectivity index (χ4n) is 12.1. The van der Waals surface area contributed by atoms with Gasteiger partial charge in [-0.1, -0.05) is 208 Å². The van der Waals surface area contributed by atoms with Gasteiger partial charge in [0, 0.05) is 32.9 Å². The fraction of sp³-hybridized carbons (Fsp3) is 0.908. The molecule has 0 aromatic rings. The molecule has 610 valence electrons. The Bertz CT molecular complexity index is 1530. The van der Waals surface area contributed by atoms with Crippen molar-refractivity contribution < 1.29 is 50.8 Å². The molecule has 0 aliphatic rings. The average molecular weight is 1570 g/mol. The smallest absolute Gasteiger partial charge is 0.116 e. The van der Waals surface area contributed by atoms with E-state index in [0.717, 1.165) is 128 Å². The van der Waals surface area contributed by atoms with Gasteiger partial charge in [0.2, 0.25) is 0 Å². The van der Waals surface area contributed by atoms with Gasteiger partial charge in [-0.2, -0.15) is 0 Å². The highest BCUT2D eigenvalue weighted by Crippen LogP contribution is 2.47. The van der Waals surface area contributed by atoms with Crippen LogP contribution in [0, 0.1) is 0 Å². The summed E-state index contributed by atoms with van der Waals surface area (Å²) in [6.07, 6.45) is 17.7. The number of hydrogen-bond donors (Lipinski definition) is 9. The summed E-state index contributed by atoms with van der Waals surface area (Å²) < 4.78 is 0. The molecular weight excluding hydrogens is 1380 g/mol. The SMILES string of the molecule is CC(C(C)[Si](C)(C)CCCN)[Si](C)(C)CCCN.CC(C(C)[Si](C)(C)CCCN)[Si](C)(C)CCCN.CC(C(C)[Si](C)(C)CCC[NH3+])[Si](C)(C)CCC[NH3+].CC=NCCC[Si](C)(C)C(C)C(C)[Si](C)(C)CCCN=CC.CC=O.CC=O.CC=O.CC=O.CC=O.CCO.CCO.CCO. The van der Waals surface area contributed by atoms with E-state index >= 15 is 0 Å². The van der Waals surface area contributed by atoms with E-state index in [1.807, 2.05) is 26.3 Å². The summed E-state index contributed by atoms with van der Waals surface area (Å²) >= 11 is 0. The Morgan fingerprint density at radius 1 is 0.290 bits per heavy atom. The molecule has 0 aliphatic heterocycles. The first-order chi connectivity index (χ1) is 46.1. The Morgan fingerprint density at radius 2 is 0.400 bits per heavy atom. The minimum atomic E-state index is -1.15. The molecule has 0 saturated carbocycles. The van der Waals surface area contributed by atoms with Crippen molar-refractivity contribution in [2.75, 3.05) is 72.2 Å². The van der Waals surface area contributed by atoms with Crippen LogP contribution < -0.4 is 34.4 Å². The maximum Gasteiger partial charge on any atom is 0.116 e. The van der Waals surface area contributed by atoms with Crippen LogP contribution in [-0.4, -0.2) is 196 Å². The number of hydrogen-bond acceptors (Lipinski definition) is 14. The predicted molar refractivity (Wildman–Crippen MR) is 477 cm³/mol. The lowest BCUT2D eigenvalue weighted by molar-refractivity contribution is -0.367. The normalized spacial score (nSPS) is 13.8. The number of carbonyl (C=O) groups is 5. The van der Waals surface area contributed by atoms with E-state index in [9.17, 15) is 0 Å². The number of carbonyl (C=O) groups excluding carboxylic acids is 5. The van der Waals surface area contributed by atoms with Gasteiger partial charge >= 0.3 is 0 Å². The molecule has 0 aromatic heterocycles. The third kappa shape index (κ3) is 78.1. The molecule has 0 rings (SSSR count). The van der Waals surface area contributed by atoms with Crippen LogP contribution >= 0.6 is 0 Å². The largest absolute Gasteiger partial charge is 0.397 e. The molecule has 0 spiro atoms. The Hall–Kier alpha value is -0.935. The monoisotopic (exact) mass is 1570 g/mol. The average Bonchev–Trinajstić information content (AvgIpc) is 0.850. The van der Waals surface area contributed by atoms with Crippen LogP contribution in [0.25, 0.3) is 0 Å². The maximum atomic E-state index is 8.81. The van der Waals surface area contributed by atoms with Crippen molar-refractivity contribution >= 4 is 108 Å². The fourth-order valence-corrected chi connectivity index (χ4v) is 46.4. The van der Waals surface area contributed by atoms with Crippen molar-refractivity contribution in [3.8, 4) is 0 Å². The van der Waals surface area contributed by atoms with E-state index in [1.54, 1.807) is 20.8 Å². The lowest BCUT2D eigenvalue weighted by atomic mass is 10.3. The second-order valence-corrected chi connectivity index (χ2v) is 75.5. The molecule has 0 aliphatic carbocycles. The van der Waals surface area contributed by atoms with E-state index < -0.39 is 64.6 Å². The van der Waals surface area contributed by atoms with Crippen LogP contribution in [-0.2, 0) is 24.0 Å². The van der Waals surface area contributed by atoms with E-state index in [0.29, 0.717) is 0 Å². The minimum absolute atomic E-state index is 0.250. The number of aliphatic hydroxyl groups excluding tert-OH is 3. The molecule has 8 unspecified atom stereocenters. The van der Waals surface area contributed by atoms with Gasteiger partial charge in [0.1, 0.15) is 31.4 Å². The summed E-state index contributed by atoms with van der Waals surface area (Å²) in [5.41, 5.74) is 38.1. The minimum Gasteiger partial charge on any atom is -0.397 e. The van der Waals surface area contributed by atoms with Gasteiger partial charge in [-0.3, -0.25) is 9.98 Å². The van der Waals surface area contributed by atoms with Gasteiger partial charge in [0.15, 0.2) is 0 Å². The molecule has 0 saturated heterocycles. The predicted octanol–water partition coefficient (Wildman–Crippen LogP) is 17.4. The Kier molecular flexibility index (Phi) is 101. The summed E-state index contributed by atoms with van der Waals surface area (Å²) in [5.74, 6) is 0. The quantitative estimate of drug-likeness (QED) is 0.0121. The molecule has 0 radical (unpaired) electrons. The second-order valence-electron chi connectivity index (χ2n) is 32.4. The summed E-state index contributed by atoms with van der Waals surface area (Å²) in [7, 11) is -8.89. The lowest BCUT2D eigenvalue weighted by Gasteiger charge is -2.41. The Labute approximate surface area is 633 Å². The number of quaternary nitrogens is 2. The molecule has 17 N–H and O–H groups in total. The van der Waals surface area contributed by atoms with E-state index in [4.69, 9.17) is 62.2 Å². The van der Waals surface area contributed by atoms with Crippen LogP contribution in [0.15, 0.2) is 9.98 Å². The Morgan fingerprint density at radius 3 is 0.500 bits per heavy atom. The number of nitrogens with zero attached hydrogens (tertiary/aromatic N) is 2. The van der Waals surface area contributed by atoms with Crippen LogP contribution in [0.5, 0.6) is 0 Å². The van der Waals surface area contributed by atoms with Crippen molar-refractivity contribution in [3.05, 3.63) is 0 Å². The van der Waals surface area contributed by atoms with Crippen molar-refractivity contribution in [2.24, 2.45) is 32.9 Å². The van der Waals surface area contributed by atoms with Gasteiger partial charge in [-0.05, 0) is 204 Å². The second kappa shape index (κ2) is 80.6. The highest BCUT2D eigenvalue weighted by Gasteiger charge is 2.43. The van der Waals surface area contributed by atoms with Crippen molar-refractivity contribution in [3.63, 3.8) is 0 Å². The van der Waals surface area contributed by atoms with Crippen molar-refractivity contribution in [1.82, 2.24) is 0 Å². The number of rotatable bonds is 38. The van der Waals surface area contributed by atoms with Gasteiger partial charge < -0.3 is 73.7 Å². The third-order valence-electron chi connectivity index (χ3n) is 21.7. The van der Waals surface area contributed by atoms with Gasteiger partial charge in [0.25, 0.3) is 0 Å². The summed E-state index contributed by atoms with van der Waals surface area (Å²) in [6, 6.07) is 11.3. The number of aldehydes is 5. The van der Waals surface area contributed by atoms with Crippen molar-refractivity contribution in [2.45, 2.75) is 373 Å². The molecule has 0 amide bonds. The molecule has 100 heavy (non-hydrogen) atoms. The first-order valence-corrected chi connectivity index (χ1v) is 65.4. The molecule has 24 heteroatoms. The molecule has 0 bridgehead atoms. The standard InChI is InChI=1S/C18H40N2Si2.3C14H36N2Si2.3C2H6O.5C2H4O/c1-9-19-13-11-15-21(5,6)17(3)18(4)22(7,8)16-12-14-20-10-2;3*1-13(17(3,4)11-7-9-15)14(2)18(5,6)12-8-10-16;8*1-2-3/h9-10,17-18H,11-16H2,1-8H3;3*13-14H,7-12,15-16H2,1-6H3;3*3H,2H2,1H3;5*2H,1H3/p+2. The van der Waals surface area contributed by atoms with Gasteiger partial charge in [0.05, 0.1) is 77.7 Å². The number of nitrogens with two attached hydrogens (primary N) is 4. The highest BCUT2D eigenvalue weighted by molar-refractivity contribution is 6.87. The third-order valence-corrected chi connectivity index (χ3v) is 59.9. The van der Waals surface area contributed by atoms with E-state index in [2.05, 4.69) is 182 Å². The first-order valence-electron chi connectivity index (χ1n) is 39.2. The van der Waals surface area contributed by atoms with Crippen LogP contribution in [0.2, 0.25) is 197 Å². The molecule has 0 heterocycles. The molecule has 16 nitrogen and oxygen atoms in total. The summed E-state index contributed by atoms with van der Waals surface area (Å²) in [4.78, 5) is 52.8. The zero-order valence-corrected chi connectivity index (χ0v) is 81.8. The number of aliphatic imine (C=N–C) groups is 2. The van der Waals surface area contributed by atoms with Crippen LogP contribution in [0.1, 0.15) is 176 Å². The lowest BCUT2D eigenvalue weighted by Crippen LogP contribution is -2.51. The van der Waals surface area contributed by atoms with Crippen LogP contribution in [0.3, 0.4) is 0 Å². The Balaban J connectivity index is -0.0000000929.